The second-order valence-corrected chi connectivity index (χ2v) is 10.4. The molecule has 1 fully saturated rings. The smallest absolute Gasteiger partial charge is 0.297 e. The molecule has 0 N–H and O–H groups in total. The van der Waals surface area contributed by atoms with E-state index in [1.54, 1.807) is 30.3 Å². The van der Waals surface area contributed by atoms with Crippen LogP contribution in [0.2, 0.25) is 0 Å². The van der Waals surface area contributed by atoms with Gasteiger partial charge in [0.15, 0.2) is 0 Å². The minimum absolute atomic E-state index is 0.00387. The van der Waals surface area contributed by atoms with E-state index < -0.39 is 16.2 Å². The lowest BCUT2D eigenvalue weighted by Gasteiger charge is -2.30. The highest BCUT2D eigenvalue weighted by molar-refractivity contribution is 7.86. The van der Waals surface area contributed by atoms with Crippen LogP contribution >= 0.6 is 0 Å². The van der Waals surface area contributed by atoms with Crippen LogP contribution in [0.25, 0.3) is 5.57 Å². The highest BCUT2D eigenvalue weighted by atomic mass is 32.2. The Balaban J connectivity index is 1.41. The molecule has 5 rings (SSSR count). The first kappa shape index (κ1) is 21.3. The number of hydrogen-bond acceptors (Lipinski definition) is 4. The molecule has 2 aromatic rings. The molecule has 0 radical (unpaired) electrons. The van der Waals surface area contributed by atoms with Gasteiger partial charge in [0.25, 0.3) is 10.1 Å². The number of halogens is 1. The van der Waals surface area contributed by atoms with Gasteiger partial charge in [-0.05, 0) is 54.3 Å². The summed E-state index contributed by atoms with van der Waals surface area (Å²) in [5.74, 6) is -0.552. The van der Waals surface area contributed by atoms with Gasteiger partial charge in [0.1, 0.15) is 5.83 Å². The van der Waals surface area contributed by atoms with Crippen molar-refractivity contribution in [3.63, 3.8) is 0 Å². The Kier molecular flexibility index (Phi) is 5.40. The zero-order chi connectivity index (χ0) is 22.5. The lowest BCUT2D eigenvalue weighted by Crippen LogP contribution is -2.30. The van der Waals surface area contributed by atoms with Crippen LogP contribution in [0.3, 0.4) is 0 Å². The molecule has 0 saturated carbocycles. The van der Waals surface area contributed by atoms with Crippen LogP contribution in [-0.4, -0.2) is 27.2 Å². The summed E-state index contributed by atoms with van der Waals surface area (Å²) in [5, 5.41) is 0. The van der Waals surface area contributed by atoms with Crippen LogP contribution in [0, 0.1) is 18.8 Å². The van der Waals surface area contributed by atoms with Crippen LogP contribution in [0.5, 0.6) is 0 Å². The zero-order valence-corrected chi connectivity index (χ0v) is 18.6. The number of allylic oxidation sites excluding steroid dienone is 4. The van der Waals surface area contributed by atoms with Crippen molar-refractivity contribution in [1.82, 2.24) is 0 Å². The van der Waals surface area contributed by atoms with E-state index in [9.17, 15) is 12.8 Å². The maximum absolute atomic E-state index is 14.2. The maximum Gasteiger partial charge on any atom is 0.297 e. The molecule has 1 saturated heterocycles. The fourth-order valence-corrected chi connectivity index (χ4v) is 6.04. The Morgan fingerprint density at radius 3 is 2.69 bits per heavy atom. The fraction of sp³-hybridized carbons (Fsp3) is 0.308. The van der Waals surface area contributed by atoms with Crippen LogP contribution in [-0.2, 0) is 19.0 Å². The average molecular weight is 453 g/mol. The average Bonchev–Trinajstić information content (AvgIpc) is 3.18. The quantitative estimate of drug-likeness (QED) is 0.589. The molecule has 32 heavy (non-hydrogen) atoms. The molecule has 2 aliphatic carbocycles. The van der Waals surface area contributed by atoms with Gasteiger partial charge < -0.3 is 4.74 Å². The predicted octanol–water partition coefficient (Wildman–Crippen LogP) is 5.32. The minimum Gasteiger partial charge on any atom is -0.371 e. The van der Waals surface area contributed by atoms with Crippen molar-refractivity contribution in [2.24, 2.45) is 11.8 Å². The summed E-state index contributed by atoms with van der Waals surface area (Å²) in [6.07, 6.45) is 4.86. The summed E-state index contributed by atoms with van der Waals surface area (Å²) >= 11 is 0. The summed E-state index contributed by atoms with van der Waals surface area (Å²) in [6.45, 7) is 6.13. The summed E-state index contributed by atoms with van der Waals surface area (Å²) in [4.78, 5) is 0.124. The van der Waals surface area contributed by atoms with Gasteiger partial charge in [-0.1, -0.05) is 54.6 Å². The zero-order valence-electron chi connectivity index (χ0n) is 17.8. The first-order valence-electron chi connectivity index (χ1n) is 10.8. The molecule has 2 aromatic carbocycles. The van der Waals surface area contributed by atoms with E-state index in [4.69, 9.17) is 8.92 Å². The van der Waals surface area contributed by atoms with Gasteiger partial charge in [0.2, 0.25) is 0 Å². The highest BCUT2D eigenvalue weighted by Gasteiger charge is 2.47. The Bertz CT molecular complexity index is 1210. The lowest BCUT2D eigenvalue weighted by atomic mass is 9.78. The van der Waals surface area contributed by atoms with Gasteiger partial charge in [0.05, 0.1) is 23.7 Å². The third-order valence-corrected chi connectivity index (χ3v) is 7.99. The van der Waals surface area contributed by atoms with E-state index in [1.165, 1.54) is 6.08 Å². The maximum atomic E-state index is 14.2. The Hall–Kier alpha value is -2.54. The van der Waals surface area contributed by atoms with Crippen molar-refractivity contribution in [1.29, 1.82) is 0 Å². The van der Waals surface area contributed by atoms with Crippen molar-refractivity contribution in [3.05, 3.63) is 95.9 Å². The lowest BCUT2D eigenvalue weighted by molar-refractivity contribution is -0.00633. The van der Waals surface area contributed by atoms with Gasteiger partial charge in [-0.15, -0.1) is 0 Å². The molecule has 0 aromatic heterocycles. The Morgan fingerprint density at radius 1 is 1.16 bits per heavy atom. The standard InChI is InChI=1S/C26H25FO4S/c1-16-7-10-20(11-8-16)32(28,29)30-15-19-14-25-23-6-4-3-5-21(23)17(2)22-12-9-18(27)13-24(22)26(25)31-19/h3-13,19,22,24-26H,2,14-15H2,1H3/t19-,22?,24?,25-,26-/m1/s1. The van der Waals surface area contributed by atoms with Crippen molar-refractivity contribution < 1.29 is 21.7 Å². The van der Waals surface area contributed by atoms with E-state index in [0.29, 0.717) is 6.42 Å². The molecule has 166 valence electrons. The number of hydrogen-bond donors (Lipinski definition) is 0. The molecule has 1 heterocycles. The molecule has 6 heteroatoms. The van der Waals surface area contributed by atoms with E-state index >= 15 is 0 Å². The predicted molar refractivity (Wildman–Crippen MR) is 121 cm³/mol. The number of rotatable bonds is 4. The van der Waals surface area contributed by atoms with Crippen molar-refractivity contribution in [2.75, 3.05) is 6.61 Å². The molecule has 3 aliphatic rings. The minimum atomic E-state index is -3.88. The number of ether oxygens (including phenoxy) is 1. The van der Waals surface area contributed by atoms with Gasteiger partial charge in [0, 0.05) is 17.8 Å². The third-order valence-electron chi connectivity index (χ3n) is 6.70. The molecule has 5 atom stereocenters. The molecule has 0 bridgehead atoms. The van der Waals surface area contributed by atoms with Crippen LogP contribution in [0.4, 0.5) is 4.39 Å². The monoisotopic (exact) mass is 452 g/mol. The van der Waals surface area contributed by atoms with E-state index in [1.807, 2.05) is 31.2 Å². The van der Waals surface area contributed by atoms with Crippen molar-refractivity contribution in [2.45, 2.75) is 36.4 Å². The normalized spacial score (nSPS) is 29.0. The van der Waals surface area contributed by atoms with E-state index in [-0.39, 0.29) is 41.2 Å². The topological polar surface area (TPSA) is 52.6 Å². The largest absolute Gasteiger partial charge is 0.371 e. The second-order valence-electron chi connectivity index (χ2n) is 8.74. The number of aryl methyl sites for hydroxylation is 1. The summed E-state index contributed by atoms with van der Waals surface area (Å²) < 4.78 is 51.2. The van der Waals surface area contributed by atoms with Crippen molar-refractivity contribution >= 4 is 15.7 Å². The highest BCUT2D eigenvalue weighted by Crippen LogP contribution is 2.51. The third kappa shape index (κ3) is 3.76. The summed E-state index contributed by atoms with van der Waals surface area (Å²) in [7, 11) is -3.88. The summed E-state index contributed by atoms with van der Waals surface area (Å²) in [5.41, 5.74) is 4.11. The van der Waals surface area contributed by atoms with Crippen LogP contribution in [0.1, 0.15) is 29.0 Å². The molecule has 0 spiro atoms. The van der Waals surface area contributed by atoms with Gasteiger partial charge in [-0.25, -0.2) is 4.39 Å². The Morgan fingerprint density at radius 2 is 1.91 bits per heavy atom. The SMILES string of the molecule is C=C1c2ccccc2[C@H]2C[C@H](COS(=O)(=O)c3ccc(C)cc3)O[C@@H]2C2C=C(F)C=CC12. The molecule has 4 nitrogen and oxygen atoms in total. The first-order chi connectivity index (χ1) is 15.3. The number of benzene rings is 2. The van der Waals surface area contributed by atoms with Crippen molar-refractivity contribution in [3.8, 4) is 0 Å². The fourth-order valence-electron chi connectivity index (χ4n) is 5.11. The second kappa shape index (κ2) is 8.10. The van der Waals surface area contributed by atoms with Gasteiger partial charge in [-0.3, -0.25) is 4.18 Å². The van der Waals surface area contributed by atoms with Gasteiger partial charge >= 0.3 is 0 Å². The molecule has 2 unspecified atom stereocenters. The van der Waals surface area contributed by atoms with Crippen LogP contribution < -0.4 is 0 Å². The Labute approximate surface area is 188 Å². The molecular weight excluding hydrogens is 427 g/mol. The molecule has 0 amide bonds. The summed E-state index contributed by atoms with van der Waals surface area (Å²) in [6, 6.07) is 14.6. The van der Waals surface area contributed by atoms with E-state index in [2.05, 4.69) is 12.6 Å². The van der Waals surface area contributed by atoms with Crippen LogP contribution in [0.15, 0.2) is 84.1 Å². The first-order valence-corrected chi connectivity index (χ1v) is 12.2. The molecule has 1 aliphatic heterocycles. The van der Waals surface area contributed by atoms with E-state index in [0.717, 1.165) is 22.3 Å². The van der Waals surface area contributed by atoms with Gasteiger partial charge in [-0.2, -0.15) is 8.42 Å². The molecular formula is C26H25FO4S. The number of fused-ring (bicyclic) bond motifs is 5.